The van der Waals surface area contributed by atoms with E-state index in [9.17, 15) is 0 Å². The van der Waals surface area contributed by atoms with Crippen molar-refractivity contribution < 1.29 is 9.47 Å². The Morgan fingerprint density at radius 2 is 1.93 bits per heavy atom. The minimum atomic E-state index is 0.231. The Bertz CT molecular complexity index is 557. The lowest BCUT2D eigenvalue weighted by Crippen LogP contribution is -2.41. The zero-order chi connectivity index (χ0) is 19.4. The largest absolute Gasteiger partial charge is 0.497 e. The first kappa shape index (κ1) is 21.9. The molecule has 1 fully saturated rings. The van der Waals surface area contributed by atoms with Crippen LogP contribution in [0.3, 0.4) is 0 Å². The number of methoxy groups -OCH3 is 1. The van der Waals surface area contributed by atoms with Gasteiger partial charge in [-0.1, -0.05) is 12.1 Å². The van der Waals surface area contributed by atoms with Gasteiger partial charge >= 0.3 is 0 Å². The molecule has 1 heterocycles. The van der Waals surface area contributed by atoms with E-state index in [1.54, 1.807) is 7.11 Å². The van der Waals surface area contributed by atoms with Crippen LogP contribution in [0.25, 0.3) is 0 Å². The summed E-state index contributed by atoms with van der Waals surface area (Å²) in [4.78, 5) is 4.86. The zero-order valence-corrected chi connectivity index (χ0v) is 17.9. The second-order valence-corrected chi connectivity index (χ2v) is 8.20. The fourth-order valence-electron chi connectivity index (χ4n) is 3.19. The SMILES string of the molecule is CCNC(=NCC1(SC)CCOCC1)NCCCCc1ccc(OC)cc1. The number of guanidine groups is 1. The molecule has 0 aliphatic carbocycles. The van der Waals surface area contributed by atoms with Crippen molar-refractivity contribution in [3.8, 4) is 5.75 Å². The number of aliphatic imine (C=N–C) groups is 1. The van der Waals surface area contributed by atoms with Crippen molar-refractivity contribution in [3.05, 3.63) is 29.8 Å². The van der Waals surface area contributed by atoms with E-state index in [1.807, 2.05) is 23.9 Å². The minimum absolute atomic E-state index is 0.231. The molecule has 2 rings (SSSR count). The first-order chi connectivity index (χ1) is 13.2. The summed E-state index contributed by atoms with van der Waals surface area (Å²) < 4.78 is 11.0. The summed E-state index contributed by atoms with van der Waals surface area (Å²) in [7, 11) is 1.70. The maximum absolute atomic E-state index is 5.52. The van der Waals surface area contributed by atoms with Gasteiger partial charge in [-0.05, 0) is 63.0 Å². The van der Waals surface area contributed by atoms with Crippen LogP contribution in [-0.4, -0.2) is 56.9 Å². The lowest BCUT2D eigenvalue weighted by atomic mass is 9.99. The molecule has 152 valence electrons. The van der Waals surface area contributed by atoms with E-state index in [4.69, 9.17) is 14.5 Å². The number of hydrogen-bond donors (Lipinski definition) is 2. The maximum Gasteiger partial charge on any atom is 0.191 e. The fourth-order valence-corrected chi connectivity index (χ4v) is 3.96. The Morgan fingerprint density at radius 3 is 2.56 bits per heavy atom. The molecule has 1 aromatic rings. The molecule has 5 nitrogen and oxygen atoms in total. The van der Waals surface area contributed by atoms with E-state index in [2.05, 4.69) is 35.9 Å². The van der Waals surface area contributed by atoms with Gasteiger partial charge < -0.3 is 20.1 Å². The van der Waals surface area contributed by atoms with Gasteiger partial charge in [0.2, 0.25) is 0 Å². The number of nitrogens with zero attached hydrogens (tertiary/aromatic N) is 1. The van der Waals surface area contributed by atoms with E-state index in [-0.39, 0.29) is 4.75 Å². The molecule has 0 aromatic heterocycles. The van der Waals surface area contributed by atoms with Crippen molar-refractivity contribution in [2.24, 2.45) is 4.99 Å². The summed E-state index contributed by atoms with van der Waals surface area (Å²) >= 11 is 1.93. The molecule has 0 bridgehead atoms. The van der Waals surface area contributed by atoms with Gasteiger partial charge in [-0.3, -0.25) is 4.99 Å². The highest BCUT2D eigenvalue weighted by Crippen LogP contribution is 2.33. The van der Waals surface area contributed by atoms with Gasteiger partial charge in [0.1, 0.15) is 5.75 Å². The maximum atomic E-state index is 5.52. The number of unbranched alkanes of at least 4 members (excludes halogenated alkanes) is 1. The highest BCUT2D eigenvalue weighted by Gasteiger charge is 2.31. The molecule has 2 N–H and O–H groups in total. The Balaban J connectivity index is 1.72. The van der Waals surface area contributed by atoms with Crippen LogP contribution >= 0.6 is 11.8 Å². The highest BCUT2D eigenvalue weighted by atomic mass is 32.2. The van der Waals surface area contributed by atoms with Gasteiger partial charge in [0, 0.05) is 31.1 Å². The monoisotopic (exact) mass is 393 g/mol. The fraction of sp³-hybridized carbons (Fsp3) is 0.667. The van der Waals surface area contributed by atoms with E-state index in [1.165, 1.54) is 5.56 Å². The highest BCUT2D eigenvalue weighted by molar-refractivity contribution is 8.00. The first-order valence-electron chi connectivity index (χ1n) is 9.99. The summed E-state index contributed by atoms with van der Waals surface area (Å²) in [5.41, 5.74) is 1.36. The van der Waals surface area contributed by atoms with Crippen LogP contribution < -0.4 is 15.4 Å². The second kappa shape index (κ2) is 12.1. The molecular formula is C21H35N3O2S. The normalized spacial score (nSPS) is 16.8. The number of aryl methyl sites for hydroxylation is 1. The van der Waals surface area contributed by atoms with Crippen molar-refractivity contribution in [1.29, 1.82) is 0 Å². The number of benzene rings is 1. The van der Waals surface area contributed by atoms with Gasteiger partial charge in [-0.2, -0.15) is 11.8 Å². The van der Waals surface area contributed by atoms with E-state index < -0.39 is 0 Å². The number of ether oxygens (including phenoxy) is 2. The Kier molecular flexibility index (Phi) is 9.84. The molecule has 0 unspecified atom stereocenters. The quantitative estimate of drug-likeness (QED) is 0.362. The third-order valence-electron chi connectivity index (χ3n) is 5.05. The van der Waals surface area contributed by atoms with Crippen LogP contribution in [0.2, 0.25) is 0 Å². The minimum Gasteiger partial charge on any atom is -0.497 e. The summed E-state index contributed by atoms with van der Waals surface area (Å²) in [6.45, 7) is 6.49. The molecule has 6 heteroatoms. The topological polar surface area (TPSA) is 54.9 Å². The lowest BCUT2D eigenvalue weighted by molar-refractivity contribution is 0.0794. The van der Waals surface area contributed by atoms with Crippen molar-refractivity contribution in [2.45, 2.75) is 43.8 Å². The lowest BCUT2D eigenvalue weighted by Gasteiger charge is -2.34. The Hall–Kier alpha value is -1.40. The first-order valence-corrected chi connectivity index (χ1v) is 11.2. The van der Waals surface area contributed by atoms with E-state index in [0.717, 1.165) is 76.7 Å². The van der Waals surface area contributed by atoms with Crippen LogP contribution in [-0.2, 0) is 11.2 Å². The van der Waals surface area contributed by atoms with Gasteiger partial charge in [-0.25, -0.2) is 0 Å². The average molecular weight is 394 g/mol. The van der Waals surface area contributed by atoms with Crippen LogP contribution in [0.4, 0.5) is 0 Å². The third kappa shape index (κ3) is 7.62. The average Bonchev–Trinajstić information content (AvgIpc) is 2.73. The molecule has 1 aliphatic heterocycles. The van der Waals surface area contributed by atoms with Gasteiger partial charge in [0.15, 0.2) is 5.96 Å². The van der Waals surface area contributed by atoms with Crippen molar-refractivity contribution in [3.63, 3.8) is 0 Å². The van der Waals surface area contributed by atoms with Crippen LogP contribution in [0.5, 0.6) is 5.75 Å². The summed E-state index contributed by atoms with van der Waals surface area (Å²) in [6, 6.07) is 8.35. The molecular weight excluding hydrogens is 358 g/mol. The molecule has 0 saturated carbocycles. The summed E-state index contributed by atoms with van der Waals surface area (Å²) in [6.07, 6.45) is 7.73. The molecule has 1 aliphatic rings. The van der Waals surface area contributed by atoms with Crippen LogP contribution in [0.1, 0.15) is 38.2 Å². The molecule has 0 spiro atoms. The van der Waals surface area contributed by atoms with Crippen molar-refractivity contribution in [2.75, 3.05) is 46.2 Å². The molecule has 1 saturated heterocycles. The molecule has 1 aromatic carbocycles. The molecule has 0 atom stereocenters. The zero-order valence-electron chi connectivity index (χ0n) is 17.1. The number of thioether (sulfide) groups is 1. The predicted molar refractivity (Wildman–Crippen MR) is 116 cm³/mol. The van der Waals surface area contributed by atoms with Gasteiger partial charge in [-0.15, -0.1) is 0 Å². The molecule has 0 amide bonds. The number of hydrogen-bond acceptors (Lipinski definition) is 4. The summed E-state index contributed by atoms with van der Waals surface area (Å²) in [5, 5.41) is 6.85. The van der Waals surface area contributed by atoms with Crippen LogP contribution in [0.15, 0.2) is 29.3 Å². The van der Waals surface area contributed by atoms with Crippen molar-refractivity contribution in [1.82, 2.24) is 10.6 Å². The van der Waals surface area contributed by atoms with Gasteiger partial charge in [0.05, 0.1) is 13.7 Å². The Labute approximate surface area is 168 Å². The summed E-state index contributed by atoms with van der Waals surface area (Å²) in [5.74, 6) is 1.85. The molecule has 0 radical (unpaired) electrons. The Morgan fingerprint density at radius 1 is 1.19 bits per heavy atom. The third-order valence-corrected chi connectivity index (χ3v) is 6.45. The number of rotatable bonds is 10. The molecule has 27 heavy (non-hydrogen) atoms. The predicted octanol–water partition coefficient (Wildman–Crippen LogP) is 3.49. The second-order valence-electron chi connectivity index (χ2n) is 6.93. The smallest absolute Gasteiger partial charge is 0.191 e. The standard InChI is InChI=1S/C21H35N3O2S/c1-4-22-20(24-17-21(27-3)12-15-26-16-13-21)23-14-6-5-7-18-8-10-19(25-2)11-9-18/h8-11H,4-7,12-17H2,1-3H3,(H2,22,23,24). The van der Waals surface area contributed by atoms with E-state index >= 15 is 0 Å². The van der Waals surface area contributed by atoms with Crippen molar-refractivity contribution >= 4 is 17.7 Å². The van der Waals surface area contributed by atoms with E-state index in [0.29, 0.717) is 0 Å². The van der Waals surface area contributed by atoms with Gasteiger partial charge in [0.25, 0.3) is 0 Å². The number of nitrogens with one attached hydrogen (secondary N) is 2. The van der Waals surface area contributed by atoms with Crippen LogP contribution in [0, 0.1) is 0 Å².